The van der Waals surface area contributed by atoms with Crippen LogP contribution in [0.2, 0.25) is 0 Å². The number of hydrogen-bond donors (Lipinski definition) is 2. The number of nitrogens with one attached hydrogen (secondary N) is 1. The van der Waals surface area contributed by atoms with Gasteiger partial charge < -0.3 is 0 Å². The van der Waals surface area contributed by atoms with Crippen LogP contribution in [0.4, 0.5) is 0 Å². The number of halogens is 1. The van der Waals surface area contributed by atoms with Crippen molar-refractivity contribution in [3.05, 3.63) is 33.8 Å². The van der Waals surface area contributed by atoms with Gasteiger partial charge in [-0.1, -0.05) is 80.3 Å². The van der Waals surface area contributed by atoms with Crippen molar-refractivity contribution < 1.29 is 0 Å². The Morgan fingerprint density at radius 3 is 2.29 bits per heavy atom. The number of hydrogen-bond acceptors (Lipinski definition) is 2. The second-order valence-corrected chi connectivity index (χ2v) is 6.90. The fourth-order valence-electron chi connectivity index (χ4n) is 2.80. The molecule has 0 aliphatic heterocycles. The van der Waals surface area contributed by atoms with Crippen LogP contribution in [-0.4, -0.2) is 0 Å². The lowest BCUT2D eigenvalue weighted by atomic mass is 9.96. The van der Waals surface area contributed by atoms with E-state index in [9.17, 15) is 0 Å². The lowest BCUT2D eigenvalue weighted by Gasteiger charge is -2.19. The zero-order valence-electron chi connectivity index (χ0n) is 13.6. The van der Waals surface area contributed by atoms with Crippen LogP contribution in [0.25, 0.3) is 0 Å². The van der Waals surface area contributed by atoms with Crippen LogP contribution >= 0.6 is 15.9 Å². The molecule has 0 amide bonds. The van der Waals surface area contributed by atoms with E-state index in [2.05, 4.69) is 53.4 Å². The molecule has 1 aromatic carbocycles. The third-order valence-corrected chi connectivity index (χ3v) is 4.66. The molecule has 120 valence electrons. The van der Waals surface area contributed by atoms with E-state index in [-0.39, 0.29) is 6.04 Å². The summed E-state index contributed by atoms with van der Waals surface area (Å²) >= 11 is 3.55. The number of aryl methyl sites for hydroxylation is 1. The average molecular weight is 355 g/mol. The van der Waals surface area contributed by atoms with E-state index < -0.39 is 0 Å². The van der Waals surface area contributed by atoms with E-state index in [1.807, 2.05) is 0 Å². The van der Waals surface area contributed by atoms with Gasteiger partial charge >= 0.3 is 0 Å². The van der Waals surface area contributed by atoms with E-state index in [4.69, 9.17) is 5.84 Å². The third kappa shape index (κ3) is 7.44. The Kier molecular flexibility index (Phi) is 9.98. The highest BCUT2D eigenvalue weighted by Crippen LogP contribution is 2.26. The smallest absolute Gasteiger partial charge is 0.0463 e. The first kappa shape index (κ1) is 18.7. The first-order chi connectivity index (χ1) is 10.2. The molecule has 21 heavy (non-hydrogen) atoms. The molecule has 0 aromatic heterocycles. The van der Waals surface area contributed by atoms with E-state index in [1.165, 1.54) is 62.5 Å². The van der Waals surface area contributed by atoms with Crippen molar-refractivity contribution in [3.8, 4) is 0 Å². The Morgan fingerprint density at radius 2 is 1.67 bits per heavy atom. The van der Waals surface area contributed by atoms with Crippen molar-refractivity contribution in [1.82, 2.24) is 5.43 Å². The molecule has 0 fully saturated rings. The topological polar surface area (TPSA) is 38.0 Å². The van der Waals surface area contributed by atoms with Crippen molar-refractivity contribution in [3.63, 3.8) is 0 Å². The molecule has 0 heterocycles. The Morgan fingerprint density at radius 1 is 1.05 bits per heavy atom. The number of nitrogens with two attached hydrogens (primary N) is 1. The Bertz CT molecular complexity index is 393. The lowest BCUT2D eigenvalue weighted by molar-refractivity contribution is 0.473. The molecule has 1 aromatic rings. The predicted octanol–water partition coefficient (Wildman–Crippen LogP) is 5.79. The minimum atomic E-state index is 0.266. The van der Waals surface area contributed by atoms with Gasteiger partial charge in [0.15, 0.2) is 0 Å². The van der Waals surface area contributed by atoms with Crippen LogP contribution < -0.4 is 11.3 Å². The monoisotopic (exact) mass is 354 g/mol. The van der Waals surface area contributed by atoms with Gasteiger partial charge in [-0.3, -0.25) is 11.3 Å². The molecule has 3 N–H and O–H groups in total. The van der Waals surface area contributed by atoms with Crippen molar-refractivity contribution >= 4 is 15.9 Å². The molecule has 0 saturated heterocycles. The Hall–Kier alpha value is -0.380. The molecule has 0 aliphatic rings. The summed E-state index contributed by atoms with van der Waals surface area (Å²) < 4.78 is 1.12. The predicted molar refractivity (Wildman–Crippen MR) is 96.2 cm³/mol. The molecular formula is C18H31BrN2. The van der Waals surface area contributed by atoms with Gasteiger partial charge in [0.25, 0.3) is 0 Å². The SMILES string of the molecule is CCCCCCCCCCC(NN)c1cc(Br)ccc1C. The summed E-state index contributed by atoms with van der Waals surface area (Å²) in [6.07, 6.45) is 11.9. The van der Waals surface area contributed by atoms with Crippen molar-refractivity contribution in [2.75, 3.05) is 0 Å². The normalized spacial score (nSPS) is 12.6. The van der Waals surface area contributed by atoms with Gasteiger partial charge in [-0.2, -0.15) is 0 Å². The maximum absolute atomic E-state index is 5.75. The summed E-state index contributed by atoms with van der Waals surface area (Å²) in [6, 6.07) is 6.69. The van der Waals surface area contributed by atoms with Crippen LogP contribution in [0, 0.1) is 6.92 Å². The van der Waals surface area contributed by atoms with Gasteiger partial charge in [-0.25, -0.2) is 0 Å². The molecule has 0 radical (unpaired) electrons. The minimum absolute atomic E-state index is 0.266. The molecule has 3 heteroatoms. The molecule has 2 nitrogen and oxygen atoms in total. The van der Waals surface area contributed by atoms with Crippen LogP contribution in [0.5, 0.6) is 0 Å². The van der Waals surface area contributed by atoms with Crippen molar-refractivity contribution in [2.24, 2.45) is 5.84 Å². The van der Waals surface area contributed by atoms with E-state index in [1.54, 1.807) is 0 Å². The maximum atomic E-state index is 5.75. The van der Waals surface area contributed by atoms with Gasteiger partial charge in [0, 0.05) is 10.5 Å². The highest BCUT2D eigenvalue weighted by Gasteiger charge is 2.12. The molecule has 0 spiro atoms. The summed E-state index contributed by atoms with van der Waals surface area (Å²) in [6.45, 7) is 4.42. The van der Waals surface area contributed by atoms with Gasteiger partial charge in [-0.15, -0.1) is 0 Å². The Balaban J connectivity index is 2.27. The van der Waals surface area contributed by atoms with E-state index >= 15 is 0 Å². The van der Waals surface area contributed by atoms with Crippen molar-refractivity contribution in [2.45, 2.75) is 77.7 Å². The van der Waals surface area contributed by atoms with Gasteiger partial charge in [0.05, 0.1) is 0 Å². The second-order valence-electron chi connectivity index (χ2n) is 5.98. The van der Waals surface area contributed by atoms with Gasteiger partial charge in [-0.05, 0) is 36.6 Å². The van der Waals surface area contributed by atoms with Crippen LogP contribution in [-0.2, 0) is 0 Å². The average Bonchev–Trinajstić information content (AvgIpc) is 2.49. The number of rotatable bonds is 11. The number of hydrazine groups is 1. The highest BCUT2D eigenvalue weighted by atomic mass is 79.9. The van der Waals surface area contributed by atoms with Crippen molar-refractivity contribution in [1.29, 1.82) is 0 Å². The molecule has 1 atom stereocenters. The highest BCUT2D eigenvalue weighted by molar-refractivity contribution is 9.10. The van der Waals surface area contributed by atoms with Gasteiger partial charge in [0.2, 0.25) is 0 Å². The van der Waals surface area contributed by atoms with Gasteiger partial charge in [0.1, 0.15) is 0 Å². The fourth-order valence-corrected chi connectivity index (χ4v) is 3.18. The van der Waals surface area contributed by atoms with Crippen LogP contribution in [0.1, 0.15) is 81.9 Å². The zero-order valence-corrected chi connectivity index (χ0v) is 15.2. The fraction of sp³-hybridized carbons (Fsp3) is 0.667. The summed E-state index contributed by atoms with van der Waals surface area (Å²) in [5.41, 5.74) is 5.61. The summed E-state index contributed by atoms with van der Waals surface area (Å²) in [7, 11) is 0. The van der Waals surface area contributed by atoms with Crippen LogP contribution in [0.15, 0.2) is 22.7 Å². The summed E-state index contributed by atoms with van der Waals surface area (Å²) in [5, 5.41) is 0. The molecule has 1 unspecified atom stereocenters. The minimum Gasteiger partial charge on any atom is -0.271 e. The molecule has 0 bridgehead atoms. The largest absolute Gasteiger partial charge is 0.271 e. The first-order valence-electron chi connectivity index (χ1n) is 8.41. The first-order valence-corrected chi connectivity index (χ1v) is 9.20. The maximum Gasteiger partial charge on any atom is 0.0463 e. The summed E-state index contributed by atoms with van der Waals surface area (Å²) in [4.78, 5) is 0. The molecule has 0 aliphatic carbocycles. The molecule has 0 saturated carbocycles. The molecule has 1 rings (SSSR count). The quantitative estimate of drug-likeness (QED) is 0.299. The van der Waals surface area contributed by atoms with E-state index in [0.29, 0.717) is 0 Å². The number of unbranched alkanes of at least 4 members (excludes halogenated alkanes) is 7. The second kappa shape index (κ2) is 11.2. The van der Waals surface area contributed by atoms with E-state index in [0.717, 1.165) is 10.9 Å². The standard InChI is InChI=1S/C18H31BrN2/c1-3-4-5-6-7-8-9-10-11-18(21-20)17-14-16(19)13-12-15(17)2/h12-14,18,21H,3-11,20H2,1-2H3. The molecular weight excluding hydrogens is 324 g/mol. The zero-order chi connectivity index (χ0) is 15.5. The Labute approximate surface area is 139 Å². The lowest BCUT2D eigenvalue weighted by Crippen LogP contribution is -2.28. The van der Waals surface area contributed by atoms with Crippen LogP contribution in [0.3, 0.4) is 0 Å². The number of benzene rings is 1. The summed E-state index contributed by atoms with van der Waals surface area (Å²) in [5.74, 6) is 5.75. The third-order valence-electron chi connectivity index (χ3n) is 4.16.